The van der Waals surface area contributed by atoms with Crippen LogP contribution in [0.4, 0.5) is 0 Å². The summed E-state index contributed by atoms with van der Waals surface area (Å²) in [5.74, 6) is 0.652. The quantitative estimate of drug-likeness (QED) is 0.231. The molecule has 0 unspecified atom stereocenters. The van der Waals surface area contributed by atoms with Gasteiger partial charge in [-0.05, 0) is 90.2 Å². The molecular weight excluding hydrogens is 464 g/mol. The molecular formula is C35H28N2O. The van der Waals surface area contributed by atoms with Gasteiger partial charge in [0.05, 0.1) is 11.0 Å². The van der Waals surface area contributed by atoms with Crippen LogP contribution in [0.2, 0.25) is 0 Å². The van der Waals surface area contributed by atoms with E-state index >= 15 is 0 Å². The van der Waals surface area contributed by atoms with Gasteiger partial charge in [0.15, 0.2) is 5.58 Å². The summed E-state index contributed by atoms with van der Waals surface area (Å²) >= 11 is 0. The second-order valence-corrected chi connectivity index (χ2v) is 9.92. The number of hydrogen-bond donors (Lipinski definition) is 0. The van der Waals surface area contributed by atoms with Gasteiger partial charge >= 0.3 is 0 Å². The van der Waals surface area contributed by atoms with Crippen molar-refractivity contribution >= 4 is 32.9 Å². The van der Waals surface area contributed by atoms with Gasteiger partial charge in [-0.15, -0.1) is 0 Å². The molecule has 0 aliphatic rings. The van der Waals surface area contributed by atoms with Gasteiger partial charge in [-0.2, -0.15) is 0 Å². The van der Waals surface area contributed by atoms with Gasteiger partial charge in [0.1, 0.15) is 5.52 Å². The molecule has 0 spiro atoms. The van der Waals surface area contributed by atoms with E-state index in [0.29, 0.717) is 5.89 Å². The van der Waals surface area contributed by atoms with Crippen molar-refractivity contribution < 1.29 is 4.42 Å². The Kier molecular flexibility index (Phi) is 5.55. The van der Waals surface area contributed by atoms with Crippen LogP contribution in [-0.2, 0) is 6.42 Å². The maximum absolute atomic E-state index is 5.98. The summed E-state index contributed by atoms with van der Waals surface area (Å²) in [6.07, 6.45) is 3.52. The van der Waals surface area contributed by atoms with Gasteiger partial charge in [-0.1, -0.05) is 67.9 Å². The van der Waals surface area contributed by atoms with E-state index < -0.39 is 0 Å². The van der Waals surface area contributed by atoms with Crippen molar-refractivity contribution in [1.29, 1.82) is 0 Å². The maximum atomic E-state index is 5.98. The molecule has 0 atom stereocenters. The van der Waals surface area contributed by atoms with Gasteiger partial charge in [0.25, 0.3) is 0 Å². The summed E-state index contributed by atoms with van der Waals surface area (Å²) in [7, 11) is 0. The zero-order chi connectivity index (χ0) is 25.5. The molecule has 0 aliphatic carbocycles. The topological polar surface area (TPSA) is 31.0 Å². The van der Waals surface area contributed by atoms with Crippen LogP contribution in [-0.4, -0.2) is 9.55 Å². The van der Waals surface area contributed by atoms with Crippen molar-refractivity contribution in [3.05, 3.63) is 121 Å². The molecule has 2 heterocycles. The molecule has 38 heavy (non-hydrogen) atoms. The van der Waals surface area contributed by atoms with Crippen LogP contribution >= 0.6 is 0 Å². The van der Waals surface area contributed by atoms with Crippen LogP contribution in [0.5, 0.6) is 0 Å². The van der Waals surface area contributed by atoms with E-state index in [0.717, 1.165) is 23.1 Å². The molecule has 0 saturated carbocycles. The molecule has 0 fully saturated rings. The Hall–Kier alpha value is -4.63. The van der Waals surface area contributed by atoms with E-state index in [1.807, 2.05) is 24.3 Å². The molecule has 0 aliphatic heterocycles. The zero-order valence-corrected chi connectivity index (χ0v) is 21.4. The highest BCUT2D eigenvalue weighted by molar-refractivity contribution is 6.10. The van der Waals surface area contributed by atoms with Crippen LogP contribution in [0, 0.1) is 0 Å². The normalized spacial score (nSPS) is 11.6. The highest BCUT2D eigenvalue weighted by Gasteiger charge is 2.14. The number of benzene rings is 5. The van der Waals surface area contributed by atoms with Crippen LogP contribution in [0.25, 0.3) is 61.2 Å². The maximum Gasteiger partial charge on any atom is 0.227 e. The standard InChI is InChI=1S/C35H28N2O/c1-2-3-9-24-14-20-32-29(22-24)30-23-27(19-21-33(30)37(32)28-10-5-4-6-11-28)25-15-17-26(18-16-25)35-36-31-12-7-8-13-34(31)38-35/h4-8,10-23H,2-3,9H2,1H3. The molecule has 3 heteroatoms. The number of aryl methyl sites for hydroxylation is 1. The highest BCUT2D eigenvalue weighted by Crippen LogP contribution is 2.36. The number of nitrogens with zero attached hydrogens (tertiary/aromatic N) is 2. The van der Waals surface area contributed by atoms with Gasteiger partial charge in [0.2, 0.25) is 5.89 Å². The number of hydrogen-bond acceptors (Lipinski definition) is 2. The van der Waals surface area contributed by atoms with Crippen LogP contribution in [0.1, 0.15) is 25.3 Å². The molecule has 0 amide bonds. The Labute approximate surface area is 222 Å². The van der Waals surface area contributed by atoms with Crippen molar-refractivity contribution in [2.24, 2.45) is 0 Å². The third-order valence-electron chi connectivity index (χ3n) is 7.42. The SMILES string of the molecule is CCCCc1ccc2c(c1)c1cc(-c3ccc(-c4nc5ccccc5o4)cc3)ccc1n2-c1ccccc1. The molecule has 0 bridgehead atoms. The van der Waals surface area contributed by atoms with Crippen LogP contribution < -0.4 is 0 Å². The molecule has 0 N–H and O–H groups in total. The molecule has 0 saturated heterocycles. The van der Waals surface area contributed by atoms with Crippen LogP contribution in [0.15, 0.2) is 120 Å². The first-order chi connectivity index (χ1) is 18.8. The third kappa shape index (κ3) is 3.88. The van der Waals surface area contributed by atoms with Crippen molar-refractivity contribution in [3.63, 3.8) is 0 Å². The van der Waals surface area contributed by atoms with E-state index in [-0.39, 0.29) is 0 Å². The Morgan fingerprint density at radius 3 is 2.13 bits per heavy atom. The molecule has 3 nitrogen and oxygen atoms in total. The first-order valence-corrected chi connectivity index (χ1v) is 13.4. The Morgan fingerprint density at radius 2 is 1.34 bits per heavy atom. The largest absolute Gasteiger partial charge is 0.436 e. The summed E-state index contributed by atoms with van der Waals surface area (Å²) < 4.78 is 8.36. The number of para-hydroxylation sites is 3. The fourth-order valence-corrected chi connectivity index (χ4v) is 5.44. The van der Waals surface area contributed by atoms with Crippen molar-refractivity contribution in [2.75, 3.05) is 0 Å². The first kappa shape index (κ1) is 22.6. The van der Waals surface area contributed by atoms with E-state index in [4.69, 9.17) is 4.42 Å². The number of fused-ring (bicyclic) bond motifs is 4. The molecule has 7 rings (SSSR count). The lowest BCUT2D eigenvalue weighted by atomic mass is 10.0. The predicted octanol–water partition coefficient (Wildman–Crippen LogP) is 9.60. The van der Waals surface area contributed by atoms with Crippen molar-refractivity contribution in [1.82, 2.24) is 9.55 Å². The lowest BCUT2D eigenvalue weighted by molar-refractivity contribution is 0.620. The second kappa shape index (κ2) is 9.35. The smallest absolute Gasteiger partial charge is 0.227 e. The van der Waals surface area contributed by atoms with Gasteiger partial charge in [0, 0.05) is 22.0 Å². The fraction of sp³-hybridized carbons (Fsp3) is 0.114. The van der Waals surface area contributed by atoms with E-state index in [2.05, 4.69) is 107 Å². The average molecular weight is 493 g/mol. The Bertz CT molecular complexity index is 1860. The van der Waals surface area contributed by atoms with Crippen LogP contribution in [0.3, 0.4) is 0 Å². The predicted molar refractivity (Wildman–Crippen MR) is 158 cm³/mol. The van der Waals surface area contributed by atoms with E-state index in [1.54, 1.807) is 0 Å². The third-order valence-corrected chi connectivity index (χ3v) is 7.42. The van der Waals surface area contributed by atoms with E-state index in [1.165, 1.54) is 57.0 Å². The number of aromatic nitrogens is 2. The minimum atomic E-state index is 0.652. The molecule has 5 aromatic carbocycles. The van der Waals surface area contributed by atoms with Gasteiger partial charge in [-0.3, -0.25) is 0 Å². The summed E-state index contributed by atoms with van der Waals surface area (Å²) in [6.45, 7) is 2.25. The number of unbranched alkanes of at least 4 members (excludes halogenated alkanes) is 1. The monoisotopic (exact) mass is 492 g/mol. The minimum absolute atomic E-state index is 0.652. The van der Waals surface area contributed by atoms with Crippen molar-refractivity contribution in [3.8, 4) is 28.3 Å². The number of rotatable bonds is 6. The zero-order valence-electron chi connectivity index (χ0n) is 21.4. The van der Waals surface area contributed by atoms with Gasteiger partial charge in [-0.25, -0.2) is 4.98 Å². The Morgan fingerprint density at radius 1 is 0.658 bits per heavy atom. The summed E-state index contributed by atoms with van der Waals surface area (Å²) in [4.78, 5) is 4.65. The fourth-order valence-electron chi connectivity index (χ4n) is 5.44. The van der Waals surface area contributed by atoms with E-state index in [9.17, 15) is 0 Å². The molecule has 7 aromatic rings. The minimum Gasteiger partial charge on any atom is -0.436 e. The summed E-state index contributed by atoms with van der Waals surface area (Å²) in [5, 5.41) is 2.59. The molecule has 184 valence electrons. The summed E-state index contributed by atoms with van der Waals surface area (Å²) in [5.41, 5.74) is 10.1. The highest BCUT2D eigenvalue weighted by atomic mass is 16.3. The average Bonchev–Trinajstić information content (AvgIpc) is 3.55. The Balaban J connectivity index is 1.34. The second-order valence-electron chi connectivity index (χ2n) is 9.92. The lowest BCUT2D eigenvalue weighted by Crippen LogP contribution is -1.93. The van der Waals surface area contributed by atoms with Crippen molar-refractivity contribution in [2.45, 2.75) is 26.2 Å². The molecule has 2 aromatic heterocycles. The van der Waals surface area contributed by atoms with Gasteiger partial charge < -0.3 is 8.98 Å². The molecule has 0 radical (unpaired) electrons. The number of oxazole rings is 1. The first-order valence-electron chi connectivity index (χ1n) is 13.4. The summed E-state index contributed by atoms with van der Waals surface area (Å²) in [6, 6.07) is 40.9. The lowest BCUT2D eigenvalue weighted by Gasteiger charge is -2.08.